The van der Waals surface area contributed by atoms with Gasteiger partial charge < -0.3 is 5.32 Å². The van der Waals surface area contributed by atoms with Crippen molar-refractivity contribution in [2.75, 3.05) is 5.32 Å². The minimum Gasteiger partial charge on any atom is -0.374 e. The third-order valence-electron chi connectivity index (χ3n) is 2.77. The molecule has 19 heavy (non-hydrogen) atoms. The van der Waals surface area contributed by atoms with Crippen molar-refractivity contribution in [3.05, 3.63) is 64.4 Å². The molecule has 0 radical (unpaired) electrons. The average molecular weight is 286 g/mol. The highest BCUT2D eigenvalue weighted by Gasteiger charge is 2.13. The first-order valence-corrected chi connectivity index (χ1v) is 6.02. The van der Waals surface area contributed by atoms with Crippen molar-refractivity contribution in [1.82, 2.24) is 0 Å². The minimum atomic E-state index is -0.681. The molecule has 0 heterocycles. The highest BCUT2D eigenvalue weighted by atomic mass is 35.5. The van der Waals surface area contributed by atoms with E-state index in [1.807, 2.05) is 0 Å². The van der Waals surface area contributed by atoms with Gasteiger partial charge >= 0.3 is 0 Å². The molecule has 0 aliphatic rings. The van der Waals surface area contributed by atoms with Crippen LogP contribution in [0.15, 0.2) is 36.4 Å². The number of hydrogen-bond donors (Lipinski definition) is 1. The minimum absolute atomic E-state index is 0.0276. The summed E-state index contributed by atoms with van der Waals surface area (Å²) in [5.41, 5.74) is 0.421. The van der Waals surface area contributed by atoms with Gasteiger partial charge in [-0.25, -0.2) is 13.2 Å². The molecule has 2 rings (SSSR count). The van der Waals surface area contributed by atoms with Gasteiger partial charge in [0, 0.05) is 6.04 Å². The maximum absolute atomic E-state index is 13.5. The quantitative estimate of drug-likeness (QED) is 0.843. The number of anilines is 1. The van der Waals surface area contributed by atoms with E-state index in [0.717, 1.165) is 12.1 Å². The predicted octanol–water partition coefficient (Wildman–Crippen LogP) is 4.93. The van der Waals surface area contributed by atoms with Crippen LogP contribution in [0.4, 0.5) is 18.9 Å². The summed E-state index contributed by atoms with van der Waals surface area (Å²) in [6, 6.07) is 7.35. The summed E-state index contributed by atoms with van der Waals surface area (Å²) in [6.07, 6.45) is 0. The van der Waals surface area contributed by atoms with Crippen LogP contribution in [0.2, 0.25) is 5.02 Å². The van der Waals surface area contributed by atoms with Gasteiger partial charge in [-0.05, 0) is 36.8 Å². The first-order chi connectivity index (χ1) is 8.99. The number of benzene rings is 2. The second-order valence-electron chi connectivity index (χ2n) is 4.14. The van der Waals surface area contributed by atoms with Crippen molar-refractivity contribution >= 4 is 17.3 Å². The van der Waals surface area contributed by atoms with E-state index in [9.17, 15) is 13.2 Å². The molecule has 0 spiro atoms. The molecule has 2 aromatic carbocycles. The fraction of sp³-hybridized carbons (Fsp3) is 0.143. The second-order valence-corrected chi connectivity index (χ2v) is 4.54. The number of nitrogens with one attached hydrogen (secondary N) is 1. The molecule has 0 aromatic heterocycles. The van der Waals surface area contributed by atoms with Gasteiger partial charge in [0.1, 0.15) is 23.1 Å². The van der Waals surface area contributed by atoms with Gasteiger partial charge in [0.2, 0.25) is 0 Å². The van der Waals surface area contributed by atoms with E-state index in [-0.39, 0.29) is 10.7 Å². The van der Waals surface area contributed by atoms with E-state index in [1.54, 1.807) is 6.92 Å². The largest absolute Gasteiger partial charge is 0.374 e. The van der Waals surface area contributed by atoms with Crippen LogP contribution >= 0.6 is 11.6 Å². The van der Waals surface area contributed by atoms with Crippen molar-refractivity contribution in [2.45, 2.75) is 13.0 Å². The molecule has 1 atom stereocenters. The molecule has 0 aliphatic carbocycles. The fourth-order valence-electron chi connectivity index (χ4n) is 1.72. The molecule has 0 aliphatic heterocycles. The van der Waals surface area contributed by atoms with E-state index >= 15 is 0 Å². The Morgan fingerprint density at radius 1 is 1.00 bits per heavy atom. The fourth-order valence-corrected chi connectivity index (χ4v) is 1.91. The Morgan fingerprint density at radius 3 is 2.21 bits per heavy atom. The maximum atomic E-state index is 13.5. The van der Waals surface area contributed by atoms with Crippen molar-refractivity contribution in [3.63, 3.8) is 0 Å². The number of hydrogen-bond acceptors (Lipinski definition) is 1. The molecule has 0 fully saturated rings. The van der Waals surface area contributed by atoms with Gasteiger partial charge in [-0.15, -0.1) is 0 Å². The van der Waals surface area contributed by atoms with Gasteiger partial charge in [0.15, 0.2) is 0 Å². The lowest BCUT2D eigenvalue weighted by molar-refractivity contribution is 0.584. The predicted molar refractivity (Wildman–Crippen MR) is 69.8 cm³/mol. The van der Waals surface area contributed by atoms with Crippen LogP contribution in [0.1, 0.15) is 18.5 Å². The van der Waals surface area contributed by atoms with Crippen LogP contribution in [-0.4, -0.2) is 0 Å². The summed E-state index contributed by atoms with van der Waals surface area (Å²) in [5.74, 6) is -1.89. The third kappa shape index (κ3) is 3.01. The monoisotopic (exact) mass is 285 g/mol. The normalized spacial score (nSPS) is 12.3. The third-order valence-corrected chi connectivity index (χ3v) is 3.06. The number of rotatable bonds is 3. The van der Waals surface area contributed by atoms with E-state index in [1.165, 1.54) is 24.3 Å². The Kier molecular flexibility index (Phi) is 4.00. The standard InChI is InChI=1S/C14H11ClF3N/c1-8(9-5-6-11(16)10(15)7-9)19-14-12(17)3-2-4-13(14)18/h2-8,19H,1H3. The number of halogens is 4. The highest BCUT2D eigenvalue weighted by molar-refractivity contribution is 6.30. The van der Waals surface area contributed by atoms with Crippen LogP contribution in [-0.2, 0) is 0 Å². The van der Waals surface area contributed by atoms with Crippen molar-refractivity contribution < 1.29 is 13.2 Å². The summed E-state index contributed by atoms with van der Waals surface area (Å²) in [7, 11) is 0. The van der Waals surface area contributed by atoms with Crippen LogP contribution in [0.25, 0.3) is 0 Å². The van der Waals surface area contributed by atoms with Gasteiger partial charge in [-0.3, -0.25) is 0 Å². The first kappa shape index (κ1) is 13.7. The maximum Gasteiger partial charge on any atom is 0.149 e. The smallest absolute Gasteiger partial charge is 0.149 e. The van der Waals surface area contributed by atoms with Crippen molar-refractivity contribution in [2.24, 2.45) is 0 Å². The summed E-state index contributed by atoms with van der Waals surface area (Å²) < 4.78 is 40.0. The van der Waals surface area contributed by atoms with Gasteiger partial charge in [0.05, 0.1) is 5.02 Å². The lowest BCUT2D eigenvalue weighted by Gasteiger charge is -2.17. The van der Waals surface area contributed by atoms with E-state index in [0.29, 0.717) is 5.56 Å². The molecule has 1 N–H and O–H groups in total. The van der Waals surface area contributed by atoms with E-state index in [2.05, 4.69) is 5.32 Å². The molecule has 1 unspecified atom stereocenters. The lowest BCUT2D eigenvalue weighted by Crippen LogP contribution is -2.09. The highest BCUT2D eigenvalue weighted by Crippen LogP contribution is 2.26. The second kappa shape index (κ2) is 5.53. The molecular formula is C14H11ClF3N. The molecule has 0 bridgehead atoms. The zero-order valence-corrected chi connectivity index (χ0v) is 10.8. The van der Waals surface area contributed by atoms with Gasteiger partial charge in [0.25, 0.3) is 0 Å². The molecule has 5 heteroatoms. The van der Waals surface area contributed by atoms with Crippen LogP contribution in [0.5, 0.6) is 0 Å². The summed E-state index contributed by atoms with van der Waals surface area (Å²) in [4.78, 5) is 0. The van der Waals surface area contributed by atoms with Gasteiger partial charge in [-0.1, -0.05) is 23.7 Å². The Balaban J connectivity index is 2.25. The summed E-state index contributed by atoms with van der Waals surface area (Å²) in [6.45, 7) is 1.70. The van der Waals surface area contributed by atoms with E-state index < -0.39 is 23.5 Å². The summed E-state index contributed by atoms with van der Waals surface area (Å²) >= 11 is 5.67. The molecule has 0 saturated heterocycles. The van der Waals surface area contributed by atoms with Crippen LogP contribution in [0.3, 0.4) is 0 Å². The Labute approximate surface area is 114 Å². The Bertz CT molecular complexity index is 581. The first-order valence-electron chi connectivity index (χ1n) is 5.64. The van der Waals surface area contributed by atoms with E-state index in [4.69, 9.17) is 11.6 Å². The molecule has 0 saturated carbocycles. The van der Waals surface area contributed by atoms with Crippen molar-refractivity contribution in [3.8, 4) is 0 Å². The Morgan fingerprint density at radius 2 is 1.63 bits per heavy atom. The van der Waals surface area contributed by atoms with Crippen LogP contribution in [0, 0.1) is 17.5 Å². The lowest BCUT2D eigenvalue weighted by atomic mass is 10.1. The SMILES string of the molecule is CC(Nc1c(F)cccc1F)c1ccc(F)c(Cl)c1. The molecular weight excluding hydrogens is 275 g/mol. The van der Waals surface area contributed by atoms with Gasteiger partial charge in [-0.2, -0.15) is 0 Å². The molecule has 0 amide bonds. The Hall–Kier alpha value is -1.68. The topological polar surface area (TPSA) is 12.0 Å². The average Bonchev–Trinajstić information content (AvgIpc) is 2.37. The molecule has 2 aromatic rings. The molecule has 1 nitrogen and oxygen atoms in total. The summed E-state index contributed by atoms with van der Waals surface area (Å²) in [5, 5.41) is 2.68. The van der Waals surface area contributed by atoms with Crippen molar-refractivity contribution in [1.29, 1.82) is 0 Å². The molecule has 100 valence electrons. The zero-order chi connectivity index (χ0) is 14.0. The zero-order valence-electron chi connectivity index (χ0n) is 10.1. The van der Waals surface area contributed by atoms with Crippen LogP contribution < -0.4 is 5.32 Å². The number of para-hydroxylation sites is 1.